The third kappa shape index (κ3) is 3.17. The lowest BCUT2D eigenvalue weighted by molar-refractivity contribution is -0.111. The highest BCUT2D eigenvalue weighted by molar-refractivity contribution is 6.04. The van der Waals surface area contributed by atoms with Crippen LogP contribution in [0.2, 0.25) is 0 Å². The summed E-state index contributed by atoms with van der Waals surface area (Å²) >= 11 is 0. The summed E-state index contributed by atoms with van der Waals surface area (Å²) in [5.74, 6) is 0.641. The molecule has 0 spiro atoms. The number of aliphatic imine (C=N–C) groups is 1. The van der Waals surface area contributed by atoms with Crippen molar-refractivity contribution in [3.05, 3.63) is 36.9 Å². The Morgan fingerprint density at radius 3 is 2.71 bits per heavy atom. The molecule has 1 aromatic carbocycles. The van der Waals surface area contributed by atoms with E-state index < -0.39 is 0 Å². The number of nitrogens with zero attached hydrogens (tertiary/aromatic N) is 2. The fraction of sp³-hybridized carbons (Fsp3) is 0.231. The smallest absolute Gasteiger partial charge is 0.247 e. The van der Waals surface area contributed by atoms with Crippen LogP contribution in [0.1, 0.15) is 6.92 Å². The molecule has 0 fully saturated rings. The number of anilines is 2. The van der Waals surface area contributed by atoms with Gasteiger partial charge in [-0.2, -0.15) is 0 Å². The van der Waals surface area contributed by atoms with Crippen molar-refractivity contribution in [1.29, 1.82) is 0 Å². The molecule has 0 unspecified atom stereocenters. The molecule has 0 radical (unpaired) electrons. The standard InChI is InChI=1S/C13H17N3O/c1-5-13(17)15-11-8-6-7-9-12(11)16(4)10(2)14-3/h5-9H,1H2,2-4H3,(H,15,17). The van der Waals surface area contributed by atoms with Crippen LogP contribution < -0.4 is 10.2 Å². The zero-order valence-corrected chi connectivity index (χ0v) is 10.4. The molecule has 0 aliphatic rings. The highest BCUT2D eigenvalue weighted by atomic mass is 16.1. The van der Waals surface area contributed by atoms with Gasteiger partial charge in [-0.1, -0.05) is 18.7 Å². The minimum Gasteiger partial charge on any atom is -0.332 e. The Bertz CT molecular complexity index is 452. The van der Waals surface area contributed by atoms with Gasteiger partial charge in [0.1, 0.15) is 0 Å². The molecule has 17 heavy (non-hydrogen) atoms. The maximum atomic E-state index is 11.3. The molecule has 0 saturated carbocycles. The lowest BCUT2D eigenvalue weighted by atomic mass is 10.2. The van der Waals surface area contributed by atoms with Crippen LogP contribution in [0.25, 0.3) is 0 Å². The van der Waals surface area contributed by atoms with Gasteiger partial charge in [-0.15, -0.1) is 0 Å². The number of amidine groups is 1. The fourth-order valence-electron chi connectivity index (χ4n) is 1.38. The first-order valence-electron chi connectivity index (χ1n) is 5.29. The molecule has 1 rings (SSSR count). The molecule has 0 atom stereocenters. The normalized spacial score (nSPS) is 10.9. The minimum atomic E-state index is -0.225. The van der Waals surface area contributed by atoms with Gasteiger partial charge in [-0.3, -0.25) is 9.79 Å². The quantitative estimate of drug-likeness (QED) is 0.493. The number of benzene rings is 1. The Hall–Kier alpha value is -2.10. The number of carbonyl (C=O) groups excluding carboxylic acids is 1. The van der Waals surface area contributed by atoms with Gasteiger partial charge < -0.3 is 10.2 Å². The van der Waals surface area contributed by atoms with Gasteiger partial charge in [0.25, 0.3) is 0 Å². The summed E-state index contributed by atoms with van der Waals surface area (Å²) in [7, 11) is 3.64. The second-order valence-corrected chi connectivity index (χ2v) is 3.54. The molecule has 0 heterocycles. The van der Waals surface area contributed by atoms with Gasteiger partial charge in [0.15, 0.2) is 0 Å². The van der Waals surface area contributed by atoms with Gasteiger partial charge in [-0.05, 0) is 25.1 Å². The Labute approximate surface area is 102 Å². The zero-order chi connectivity index (χ0) is 12.8. The van der Waals surface area contributed by atoms with Gasteiger partial charge in [-0.25, -0.2) is 0 Å². The van der Waals surface area contributed by atoms with E-state index in [0.29, 0.717) is 0 Å². The van der Waals surface area contributed by atoms with Crippen molar-refractivity contribution < 1.29 is 4.79 Å². The summed E-state index contributed by atoms with van der Waals surface area (Å²) in [5.41, 5.74) is 1.63. The van der Waals surface area contributed by atoms with Crippen molar-refractivity contribution in [3.8, 4) is 0 Å². The fourth-order valence-corrected chi connectivity index (χ4v) is 1.38. The molecule has 4 nitrogen and oxygen atoms in total. The molecule has 0 aliphatic heterocycles. The van der Waals surface area contributed by atoms with Crippen LogP contribution in [0.15, 0.2) is 41.9 Å². The van der Waals surface area contributed by atoms with E-state index in [4.69, 9.17) is 0 Å². The second-order valence-electron chi connectivity index (χ2n) is 3.54. The summed E-state index contributed by atoms with van der Waals surface area (Å²) in [4.78, 5) is 17.3. The molecule has 1 N–H and O–H groups in total. The summed E-state index contributed by atoms with van der Waals surface area (Å²) in [5, 5.41) is 2.77. The number of hydrogen-bond donors (Lipinski definition) is 1. The number of amides is 1. The van der Waals surface area contributed by atoms with E-state index in [1.54, 1.807) is 7.05 Å². The summed E-state index contributed by atoms with van der Waals surface area (Å²) in [6.07, 6.45) is 1.25. The third-order valence-electron chi connectivity index (χ3n) is 2.52. The first-order chi connectivity index (χ1) is 8.10. The number of hydrogen-bond acceptors (Lipinski definition) is 2. The van der Waals surface area contributed by atoms with Crippen LogP contribution in [0, 0.1) is 0 Å². The Morgan fingerprint density at radius 2 is 2.12 bits per heavy atom. The molecular formula is C13H17N3O. The van der Waals surface area contributed by atoms with Crippen LogP contribution in [-0.4, -0.2) is 25.8 Å². The van der Waals surface area contributed by atoms with E-state index in [9.17, 15) is 4.79 Å². The van der Waals surface area contributed by atoms with Gasteiger partial charge in [0.2, 0.25) is 5.91 Å². The van der Waals surface area contributed by atoms with E-state index in [-0.39, 0.29) is 5.91 Å². The molecule has 4 heteroatoms. The lowest BCUT2D eigenvalue weighted by Crippen LogP contribution is -2.24. The largest absolute Gasteiger partial charge is 0.332 e. The summed E-state index contributed by atoms with van der Waals surface area (Å²) in [6.45, 7) is 5.34. The van der Waals surface area contributed by atoms with E-state index in [1.807, 2.05) is 43.1 Å². The van der Waals surface area contributed by atoms with Gasteiger partial charge in [0.05, 0.1) is 17.2 Å². The Balaban J connectivity index is 3.07. The minimum absolute atomic E-state index is 0.225. The first-order valence-corrected chi connectivity index (χ1v) is 5.29. The van der Waals surface area contributed by atoms with Crippen molar-refractivity contribution >= 4 is 23.1 Å². The number of rotatable bonds is 3. The average molecular weight is 231 g/mol. The van der Waals surface area contributed by atoms with Crippen LogP contribution in [0.3, 0.4) is 0 Å². The van der Waals surface area contributed by atoms with E-state index in [0.717, 1.165) is 17.2 Å². The monoisotopic (exact) mass is 231 g/mol. The summed E-state index contributed by atoms with van der Waals surface area (Å²) < 4.78 is 0. The molecule has 0 saturated heterocycles. The molecule has 90 valence electrons. The van der Waals surface area contributed by atoms with Crippen molar-refractivity contribution in [2.24, 2.45) is 4.99 Å². The maximum absolute atomic E-state index is 11.3. The SMILES string of the molecule is C=CC(=O)Nc1ccccc1N(C)C(C)=NC. The molecule has 0 bridgehead atoms. The van der Waals surface area contributed by atoms with Crippen LogP contribution in [0.5, 0.6) is 0 Å². The van der Waals surface area contributed by atoms with E-state index in [2.05, 4.69) is 16.9 Å². The lowest BCUT2D eigenvalue weighted by Gasteiger charge is -2.21. The van der Waals surface area contributed by atoms with Crippen molar-refractivity contribution in [3.63, 3.8) is 0 Å². The van der Waals surface area contributed by atoms with Crippen LogP contribution in [-0.2, 0) is 4.79 Å². The highest BCUT2D eigenvalue weighted by Crippen LogP contribution is 2.24. The van der Waals surface area contributed by atoms with E-state index in [1.165, 1.54) is 6.08 Å². The van der Waals surface area contributed by atoms with Gasteiger partial charge >= 0.3 is 0 Å². The Morgan fingerprint density at radius 1 is 1.47 bits per heavy atom. The zero-order valence-electron chi connectivity index (χ0n) is 10.4. The number of nitrogens with one attached hydrogen (secondary N) is 1. The Kier molecular flexibility index (Phi) is 4.46. The van der Waals surface area contributed by atoms with Crippen LogP contribution in [0.4, 0.5) is 11.4 Å². The van der Waals surface area contributed by atoms with Crippen molar-refractivity contribution in [2.75, 3.05) is 24.3 Å². The molecular weight excluding hydrogens is 214 g/mol. The summed E-state index contributed by atoms with van der Waals surface area (Å²) in [6, 6.07) is 7.55. The predicted octanol–water partition coefficient (Wildman–Crippen LogP) is 2.30. The maximum Gasteiger partial charge on any atom is 0.247 e. The van der Waals surface area contributed by atoms with E-state index >= 15 is 0 Å². The average Bonchev–Trinajstić information content (AvgIpc) is 2.37. The topological polar surface area (TPSA) is 44.7 Å². The van der Waals surface area contributed by atoms with Crippen molar-refractivity contribution in [1.82, 2.24) is 0 Å². The molecule has 1 aromatic rings. The van der Waals surface area contributed by atoms with Crippen LogP contribution >= 0.6 is 0 Å². The molecule has 1 amide bonds. The molecule has 0 aromatic heterocycles. The second kappa shape index (κ2) is 5.84. The number of carbonyl (C=O) groups is 1. The number of para-hydroxylation sites is 2. The van der Waals surface area contributed by atoms with Gasteiger partial charge in [0, 0.05) is 14.1 Å². The highest BCUT2D eigenvalue weighted by Gasteiger charge is 2.09. The van der Waals surface area contributed by atoms with Crippen molar-refractivity contribution in [2.45, 2.75) is 6.92 Å². The molecule has 0 aliphatic carbocycles. The third-order valence-corrected chi connectivity index (χ3v) is 2.52. The predicted molar refractivity (Wildman–Crippen MR) is 72.7 cm³/mol. The first kappa shape index (κ1) is 13.0.